The third kappa shape index (κ3) is 4.89. The fourth-order valence-electron chi connectivity index (χ4n) is 4.88. The summed E-state index contributed by atoms with van der Waals surface area (Å²) in [5.41, 5.74) is 14.4. The lowest BCUT2D eigenvalue weighted by atomic mass is 9.99. The Labute approximate surface area is 221 Å². The van der Waals surface area contributed by atoms with Gasteiger partial charge in [-0.2, -0.15) is 0 Å². The fraction of sp³-hybridized carbons (Fsp3) is 0.125. The molecule has 0 aliphatic heterocycles. The lowest BCUT2D eigenvalue weighted by Crippen LogP contribution is -2.22. The van der Waals surface area contributed by atoms with Crippen molar-refractivity contribution >= 4 is 28.5 Å². The molecule has 1 aromatic heterocycles. The third-order valence-corrected chi connectivity index (χ3v) is 7.07. The zero-order valence-corrected chi connectivity index (χ0v) is 21.4. The molecule has 0 unspecified atom stereocenters. The summed E-state index contributed by atoms with van der Waals surface area (Å²) in [6.45, 7) is 5.24. The van der Waals surface area contributed by atoms with E-state index in [1.165, 1.54) is 0 Å². The number of amides is 1. The number of aromatic carboxylic acids is 1. The van der Waals surface area contributed by atoms with Gasteiger partial charge in [-0.05, 0) is 78.1 Å². The summed E-state index contributed by atoms with van der Waals surface area (Å²) in [6, 6.07) is 28.3. The average molecular weight is 504 g/mol. The molecule has 4 aromatic carbocycles. The Bertz CT molecular complexity index is 1670. The molecule has 0 fully saturated rings. The normalized spacial score (nSPS) is 11.0. The van der Waals surface area contributed by atoms with Crippen molar-refractivity contribution in [3.8, 4) is 11.1 Å². The van der Waals surface area contributed by atoms with Gasteiger partial charge in [-0.25, -0.2) is 4.79 Å². The molecule has 0 bridgehead atoms. The van der Waals surface area contributed by atoms with Gasteiger partial charge < -0.3 is 20.7 Å². The van der Waals surface area contributed by atoms with Crippen LogP contribution in [0, 0.1) is 13.8 Å². The van der Waals surface area contributed by atoms with Crippen molar-refractivity contribution in [3.63, 3.8) is 0 Å². The largest absolute Gasteiger partial charge is 0.478 e. The maximum absolute atomic E-state index is 12.9. The molecule has 0 radical (unpaired) electrons. The van der Waals surface area contributed by atoms with Gasteiger partial charge in [0.1, 0.15) is 0 Å². The Balaban J connectivity index is 1.37. The summed E-state index contributed by atoms with van der Waals surface area (Å²) in [7, 11) is 0. The van der Waals surface area contributed by atoms with Crippen molar-refractivity contribution in [2.45, 2.75) is 26.9 Å². The zero-order chi connectivity index (χ0) is 26.8. The molecule has 0 saturated heterocycles. The van der Waals surface area contributed by atoms with Crippen LogP contribution in [0.4, 0.5) is 5.69 Å². The minimum Gasteiger partial charge on any atom is -0.478 e. The van der Waals surface area contributed by atoms with E-state index in [0.717, 1.165) is 38.9 Å². The highest BCUT2D eigenvalue weighted by atomic mass is 16.4. The number of nitrogens with zero attached hydrogens (tertiary/aromatic N) is 1. The van der Waals surface area contributed by atoms with Gasteiger partial charge in [-0.15, -0.1) is 0 Å². The quantitative estimate of drug-likeness (QED) is 0.231. The summed E-state index contributed by atoms with van der Waals surface area (Å²) < 4.78 is 2.25. The Kier molecular flexibility index (Phi) is 6.71. The van der Waals surface area contributed by atoms with Gasteiger partial charge in [0.25, 0.3) is 5.91 Å². The second-order valence-corrected chi connectivity index (χ2v) is 9.50. The molecule has 38 heavy (non-hydrogen) atoms. The lowest BCUT2D eigenvalue weighted by Gasteiger charge is -2.11. The molecule has 4 N–H and O–H groups in total. The first-order valence-corrected chi connectivity index (χ1v) is 12.5. The van der Waals surface area contributed by atoms with E-state index < -0.39 is 5.97 Å². The molecule has 0 aliphatic carbocycles. The number of carboxylic acid groups (broad SMARTS) is 1. The molecule has 6 nitrogen and oxygen atoms in total. The molecule has 0 atom stereocenters. The summed E-state index contributed by atoms with van der Waals surface area (Å²) in [6.07, 6.45) is 0. The van der Waals surface area contributed by atoms with E-state index in [9.17, 15) is 14.7 Å². The standard InChI is InChI=1S/C32H29N3O3/c1-20-21(2)35(19-22-10-12-24(13-11-22)27-8-3-4-9-28(27)32(37)38)30-15-14-25(17-29(20)30)31(36)34-18-23-6-5-7-26(33)16-23/h3-17H,18-19,33H2,1-2H3,(H,34,36)(H,37,38). The van der Waals surface area contributed by atoms with E-state index in [1.54, 1.807) is 12.1 Å². The molecule has 1 heterocycles. The van der Waals surface area contributed by atoms with Crippen LogP contribution in [0.1, 0.15) is 43.1 Å². The number of carbonyl (C=O) groups is 2. The Morgan fingerprint density at radius 3 is 2.37 bits per heavy atom. The Morgan fingerprint density at radius 2 is 1.63 bits per heavy atom. The van der Waals surface area contributed by atoms with Crippen LogP contribution in [0.2, 0.25) is 0 Å². The summed E-state index contributed by atoms with van der Waals surface area (Å²) in [4.78, 5) is 24.5. The van der Waals surface area contributed by atoms with Gasteiger partial charge in [0.15, 0.2) is 0 Å². The van der Waals surface area contributed by atoms with Crippen LogP contribution < -0.4 is 11.1 Å². The van der Waals surface area contributed by atoms with Crippen molar-refractivity contribution < 1.29 is 14.7 Å². The van der Waals surface area contributed by atoms with Gasteiger partial charge in [0.05, 0.1) is 5.56 Å². The van der Waals surface area contributed by atoms with Gasteiger partial charge in [0, 0.05) is 40.9 Å². The SMILES string of the molecule is Cc1c(C)n(Cc2ccc(-c3ccccc3C(=O)O)cc2)c2ccc(C(=O)NCc3cccc(N)c3)cc12. The number of aromatic nitrogens is 1. The highest BCUT2D eigenvalue weighted by molar-refractivity contribution is 5.99. The number of rotatable bonds is 7. The number of nitrogens with two attached hydrogens (primary N) is 1. The Morgan fingerprint density at radius 1 is 0.868 bits per heavy atom. The van der Waals surface area contributed by atoms with Gasteiger partial charge in [-0.1, -0.05) is 54.6 Å². The van der Waals surface area contributed by atoms with E-state index in [0.29, 0.717) is 29.9 Å². The number of benzene rings is 4. The van der Waals surface area contributed by atoms with Crippen LogP contribution >= 0.6 is 0 Å². The summed E-state index contributed by atoms with van der Waals surface area (Å²) in [5, 5.41) is 13.5. The first-order valence-electron chi connectivity index (χ1n) is 12.5. The van der Waals surface area contributed by atoms with Crippen LogP contribution in [0.25, 0.3) is 22.0 Å². The average Bonchev–Trinajstić information content (AvgIpc) is 3.16. The van der Waals surface area contributed by atoms with Crippen molar-refractivity contribution in [1.29, 1.82) is 0 Å². The van der Waals surface area contributed by atoms with E-state index in [2.05, 4.69) is 23.7 Å². The van der Waals surface area contributed by atoms with Crippen LogP contribution in [-0.4, -0.2) is 21.6 Å². The Hall–Kier alpha value is -4.84. The van der Waals surface area contributed by atoms with E-state index in [-0.39, 0.29) is 11.5 Å². The molecule has 1 amide bonds. The molecule has 0 aliphatic rings. The van der Waals surface area contributed by atoms with E-state index in [1.807, 2.05) is 78.9 Å². The number of nitrogens with one attached hydrogen (secondary N) is 1. The van der Waals surface area contributed by atoms with Gasteiger partial charge >= 0.3 is 5.97 Å². The van der Waals surface area contributed by atoms with Crippen LogP contribution in [0.3, 0.4) is 0 Å². The number of hydrogen-bond acceptors (Lipinski definition) is 3. The highest BCUT2D eigenvalue weighted by Crippen LogP contribution is 2.29. The monoisotopic (exact) mass is 503 g/mol. The minimum atomic E-state index is -0.938. The number of fused-ring (bicyclic) bond motifs is 1. The maximum Gasteiger partial charge on any atom is 0.336 e. The highest BCUT2D eigenvalue weighted by Gasteiger charge is 2.15. The number of anilines is 1. The van der Waals surface area contributed by atoms with Crippen LogP contribution in [0.15, 0.2) is 91.0 Å². The number of aryl methyl sites for hydroxylation is 1. The molecule has 5 aromatic rings. The van der Waals surface area contributed by atoms with Crippen molar-refractivity contribution in [2.24, 2.45) is 0 Å². The van der Waals surface area contributed by atoms with Gasteiger partial charge in [-0.3, -0.25) is 4.79 Å². The van der Waals surface area contributed by atoms with E-state index >= 15 is 0 Å². The van der Waals surface area contributed by atoms with Crippen molar-refractivity contribution in [3.05, 3.63) is 125 Å². The van der Waals surface area contributed by atoms with Crippen molar-refractivity contribution in [2.75, 3.05) is 5.73 Å². The molecular formula is C32H29N3O3. The minimum absolute atomic E-state index is 0.128. The summed E-state index contributed by atoms with van der Waals surface area (Å²) in [5.74, 6) is -1.07. The van der Waals surface area contributed by atoms with Gasteiger partial charge in [0.2, 0.25) is 0 Å². The molecule has 190 valence electrons. The smallest absolute Gasteiger partial charge is 0.336 e. The summed E-state index contributed by atoms with van der Waals surface area (Å²) >= 11 is 0. The first kappa shape index (κ1) is 24.8. The first-order chi connectivity index (χ1) is 18.3. The maximum atomic E-state index is 12.9. The second kappa shape index (κ2) is 10.3. The van der Waals surface area contributed by atoms with Crippen LogP contribution in [0.5, 0.6) is 0 Å². The number of hydrogen-bond donors (Lipinski definition) is 3. The predicted molar refractivity (Wildman–Crippen MR) is 151 cm³/mol. The van der Waals surface area contributed by atoms with Crippen LogP contribution in [-0.2, 0) is 13.1 Å². The number of carboxylic acids is 1. The van der Waals surface area contributed by atoms with Crippen molar-refractivity contribution in [1.82, 2.24) is 9.88 Å². The number of carbonyl (C=O) groups excluding carboxylic acids is 1. The third-order valence-electron chi connectivity index (χ3n) is 7.07. The topological polar surface area (TPSA) is 97.3 Å². The fourth-order valence-corrected chi connectivity index (χ4v) is 4.88. The molecule has 6 heteroatoms. The lowest BCUT2D eigenvalue weighted by molar-refractivity contribution is 0.0697. The molecular weight excluding hydrogens is 474 g/mol. The molecule has 0 saturated carbocycles. The molecule has 5 rings (SSSR count). The molecule has 0 spiro atoms. The predicted octanol–water partition coefficient (Wildman–Crippen LogP) is 6.18. The number of nitrogen functional groups attached to an aromatic ring is 1. The second-order valence-electron chi connectivity index (χ2n) is 9.50. The van der Waals surface area contributed by atoms with E-state index in [4.69, 9.17) is 5.73 Å². The zero-order valence-electron chi connectivity index (χ0n) is 21.4.